The molecule has 1 aromatic rings. The monoisotopic (exact) mass is 377 g/mol. The molecule has 0 aliphatic rings. The summed E-state index contributed by atoms with van der Waals surface area (Å²) in [6, 6.07) is 5.28. The minimum atomic E-state index is -0.229. The number of carbonyl (C=O) groups excluding carboxylic acids is 1. The van der Waals surface area contributed by atoms with E-state index in [0.717, 1.165) is 4.47 Å². The van der Waals surface area contributed by atoms with E-state index in [1.165, 1.54) is 0 Å². The second-order valence-electron chi connectivity index (χ2n) is 3.76. The normalized spacial score (nSPS) is 13.2. The first-order valence-corrected chi connectivity index (χ1v) is 6.75. The van der Waals surface area contributed by atoms with Gasteiger partial charge in [0, 0.05) is 21.4 Å². The van der Waals surface area contributed by atoms with E-state index in [1.54, 1.807) is 25.1 Å². The topological polar surface area (TPSA) is 87.7 Å². The first-order chi connectivity index (χ1) is 8.45. The van der Waals surface area contributed by atoms with E-state index in [0.29, 0.717) is 16.6 Å². The smallest absolute Gasteiger partial charge is 0.252 e. The van der Waals surface area contributed by atoms with Crippen LogP contribution in [0, 0.1) is 5.92 Å². The molecule has 0 spiro atoms. The number of hydrogen-bond acceptors (Lipinski definition) is 3. The van der Waals surface area contributed by atoms with E-state index >= 15 is 0 Å². The van der Waals surface area contributed by atoms with Crippen molar-refractivity contribution in [1.82, 2.24) is 5.32 Å². The van der Waals surface area contributed by atoms with Crippen LogP contribution in [0.4, 0.5) is 0 Å². The van der Waals surface area contributed by atoms with Gasteiger partial charge in [0.15, 0.2) is 0 Å². The minimum Gasteiger partial charge on any atom is -0.409 e. The predicted octanol–water partition coefficient (Wildman–Crippen LogP) is 2.32. The van der Waals surface area contributed by atoms with Crippen molar-refractivity contribution >= 4 is 43.6 Å². The molecule has 1 atom stereocenters. The molecule has 7 heteroatoms. The van der Waals surface area contributed by atoms with Gasteiger partial charge in [0.25, 0.3) is 5.91 Å². The highest BCUT2D eigenvalue weighted by Crippen LogP contribution is 2.21. The van der Waals surface area contributed by atoms with Gasteiger partial charge in [-0.1, -0.05) is 28.0 Å². The molecule has 1 rings (SSSR count). The van der Waals surface area contributed by atoms with Crippen LogP contribution in [-0.2, 0) is 0 Å². The molecule has 0 saturated heterocycles. The summed E-state index contributed by atoms with van der Waals surface area (Å²) in [4.78, 5) is 11.9. The molecule has 98 valence electrons. The van der Waals surface area contributed by atoms with Crippen molar-refractivity contribution in [2.45, 2.75) is 6.92 Å². The zero-order valence-corrected chi connectivity index (χ0v) is 12.8. The molecule has 0 heterocycles. The van der Waals surface area contributed by atoms with Crippen molar-refractivity contribution in [2.24, 2.45) is 16.8 Å². The molecule has 4 N–H and O–H groups in total. The highest BCUT2D eigenvalue weighted by atomic mass is 79.9. The number of nitrogens with two attached hydrogens (primary N) is 1. The molecule has 0 bridgehead atoms. The number of oxime groups is 1. The molecule has 0 fully saturated rings. The number of amides is 1. The van der Waals surface area contributed by atoms with Gasteiger partial charge in [-0.25, -0.2) is 0 Å². The van der Waals surface area contributed by atoms with Crippen LogP contribution in [0.1, 0.15) is 17.3 Å². The lowest BCUT2D eigenvalue weighted by atomic mass is 10.1. The third-order valence-electron chi connectivity index (χ3n) is 2.36. The summed E-state index contributed by atoms with van der Waals surface area (Å²) in [6.07, 6.45) is 0. The Balaban J connectivity index is 2.66. The van der Waals surface area contributed by atoms with Gasteiger partial charge in [-0.15, -0.1) is 0 Å². The fraction of sp³-hybridized carbons (Fsp3) is 0.273. The predicted molar refractivity (Wildman–Crippen MR) is 76.7 cm³/mol. The van der Waals surface area contributed by atoms with Crippen LogP contribution in [0.15, 0.2) is 32.3 Å². The minimum absolute atomic E-state index is 0.0881. The standard InChI is InChI=1S/C11H13Br2N3O2/c1-6(10(14)16-18)5-15-11(17)8-3-2-7(12)4-9(8)13/h2-4,6,18H,5H2,1H3,(H2,14,16)(H,15,17). The van der Waals surface area contributed by atoms with Gasteiger partial charge < -0.3 is 16.3 Å². The summed E-state index contributed by atoms with van der Waals surface area (Å²) < 4.78 is 1.58. The third kappa shape index (κ3) is 3.99. The molecule has 5 nitrogen and oxygen atoms in total. The van der Waals surface area contributed by atoms with Crippen LogP contribution in [0.2, 0.25) is 0 Å². The van der Waals surface area contributed by atoms with Gasteiger partial charge in [-0.2, -0.15) is 0 Å². The van der Waals surface area contributed by atoms with Crippen LogP contribution in [0.3, 0.4) is 0 Å². The maximum absolute atomic E-state index is 11.9. The molecule has 1 unspecified atom stereocenters. The lowest BCUT2D eigenvalue weighted by Gasteiger charge is -2.11. The van der Waals surface area contributed by atoms with Crippen molar-refractivity contribution in [3.05, 3.63) is 32.7 Å². The average molecular weight is 379 g/mol. The van der Waals surface area contributed by atoms with E-state index in [9.17, 15) is 4.79 Å². The molecule has 0 aliphatic carbocycles. The van der Waals surface area contributed by atoms with Crippen LogP contribution >= 0.6 is 31.9 Å². The van der Waals surface area contributed by atoms with E-state index in [4.69, 9.17) is 10.9 Å². The lowest BCUT2D eigenvalue weighted by Crippen LogP contribution is -2.34. The summed E-state index contributed by atoms with van der Waals surface area (Å²) in [5.74, 6) is -0.356. The Morgan fingerprint density at radius 2 is 2.22 bits per heavy atom. The SMILES string of the molecule is CC(CNC(=O)c1ccc(Br)cc1Br)/C(N)=N/O. The Morgan fingerprint density at radius 1 is 1.56 bits per heavy atom. The van der Waals surface area contributed by atoms with Gasteiger partial charge in [-0.05, 0) is 34.1 Å². The highest BCUT2D eigenvalue weighted by Gasteiger charge is 2.13. The Bertz CT molecular complexity index is 477. The first kappa shape index (κ1) is 15.0. The Kier molecular flexibility index (Phi) is 5.61. The van der Waals surface area contributed by atoms with Crippen molar-refractivity contribution in [3.8, 4) is 0 Å². The number of benzene rings is 1. The van der Waals surface area contributed by atoms with E-state index in [-0.39, 0.29) is 17.7 Å². The zero-order chi connectivity index (χ0) is 13.7. The van der Waals surface area contributed by atoms with Crippen LogP contribution in [0.5, 0.6) is 0 Å². The number of nitrogens with zero attached hydrogens (tertiary/aromatic N) is 1. The zero-order valence-electron chi connectivity index (χ0n) is 9.65. The van der Waals surface area contributed by atoms with Crippen molar-refractivity contribution in [1.29, 1.82) is 0 Å². The number of halogens is 2. The summed E-state index contributed by atoms with van der Waals surface area (Å²) in [7, 11) is 0. The Morgan fingerprint density at radius 3 is 2.78 bits per heavy atom. The number of nitrogens with one attached hydrogen (secondary N) is 1. The molecule has 0 saturated carbocycles. The van der Waals surface area contributed by atoms with Crippen molar-refractivity contribution < 1.29 is 10.0 Å². The second-order valence-corrected chi connectivity index (χ2v) is 5.53. The highest BCUT2D eigenvalue weighted by molar-refractivity contribution is 9.11. The summed E-state index contributed by atoms with van der Waals surface area (Å²) in [5, 5.41) is 14.1. The molecular formula is C11H13Br2N3O2. The average Bonchev–Trinajstić information content (AvgIpc) is 2.34. The maximum atomic E-state index is 11.9. The molecular weight excluding hydrogens is 366 g/mol. The van der Waals surface area contributed by atoms with Crippen LogP contribution in [-0.4, -0.2) is 23.5 Å². The number of carbonyl (C=O) groups is 1. The van der Waals surface area contributed by atoms with Gasteiger partial charge in [0.1, 0.15) is 5.84 Å². The Hall–Kier alpha value is -1.08. The second kappa shape index (κ2) is 6.75. The molecule has 1 aromatic carbocycles. The van der Waals surface area contributed by atoms with E-state index < -0.39 is 0 Å². The molecule has 0 radical (unpaired) electrons. The van der Waals surface area contributed by atoms with Gasteiger partial charge in [-0.3, -0.25) is 4.79 Å². The third-order valence-corrected chi connectivity index (χ3v) is 3.51. The van der Waals surface area contributed by atoms with Crippen LogP contribution in [0.25, 0.3) is 0 Å². The van der Waals surface area contributed by atoms with Gasteiger partial charge in [0.2, 0.25) is 0 Å². The van der Waals surface area contributed by atoms with Crippen LogP contribution < -0.4 is 11.1 Å². The summed E-state index contributed by atoms with van der Waals surface area (Å²) in [6.45, 7) is 2.06. The molecule has 0 aromatic heterocycles. The fourth-order valence-electron chi connectivity index (χ4n) is 1.22. The van der Waals surface area contributed by atoms with E-state index in [1.807, 2.05) is 0 Å². The van der Waals surface area contributed by atoms with E-state index in [2.05, 4.69) is 42.3 Å². The summed E-state index contributed by atoms with van der Waals surface area (Å²) in [5.41, 5.74) is 5.96. The quantitative estimate of drug-likeness (QED) is 0.325. The lowest BCUT2D eigenvalue weighted by molar-refractivity contribution is 0.0950. The van der Waals surface area contributed by atoms with Gasteiger partial charge in [0.05, 0.1) is 5.56 Å². The van der Waals surface area contributed by atoms with Crippen molar-refractivity contribution in [3.63, 3.8) is 0 Å². The molecule has 18 heavy (non-hydrogen) atoms. The maximum Gasteiger partial charge on any atom is 0.252 e. The van der Waals surface area contributed by atoms with Crippen molar-refractivity contribution in [2.75, 3.05) is 6.54 Å². The molecule has 0 aliphatic heterocycles. The number of hydrogen-bond donors (Lipinski definition) is 3. The largest absolute Gasteiger partial charge is 0.409 e. The molecule has 1 amide bonds. The number of amidine groups is 1. The Labute approximate surface area is 122 Å². The number of rotatable bonds is 4. The van der Waals surface area contributed by atoms with Gasteiger partial charge >= 0.3 is 0 Å². The fourth-order valence-corrected chi connectivity index (χ4v) is 2.44. The summed E-state index contributed by atoms with van der Waals surface area (Å²) >= 11 is 6.63. The first-order valence-electron chi connectivity index (χ1n) is 5.16.